The maximum absolute atomic E-state index is 13.1. The molecule has 2 heterocycles. The van der Waals surface area contributed by atoms with Gasteiger partial charge in [-0.2, -0.15) is 4.98 Å². The van der Waals surface area contributed by atoms with Crippen LogP contribution in [0.2, 0.25) is 0 Å². The van der Waals surface area contributed by atoms with Gasteiger partial charge in [0, 0.05) is 22.7 Å². The quantitative estimate of drug-likeness (QED) is 0.329. The first-order valence-corrected chi connectivity index (χ1v) is 13.0. The second kappa shape index (κ2) is 10.7. The molecule has 0 aliphatic carbocycles. The molecule has 0 bridgehead atoms. The minimum absolute atomic E-state index is 0.0142. The third kappa shape index (κ3) is 5.97. The Morgan fingerprint density at radius 1 is 0.919 bits per heavy atom. The van der Waals surface area contributed by atoms with Crippen LogP contribution in [0.25, 0.3) is 22.5 Å². The second-order valence-corrected chi connectivity index (χ2v) is 10.8. The molecule has 1 aromatic heterocycles. The van der Waals surface area contributed by atoms with Crippen molar-refractivity contribution >= 4 is 11.6 Å². The van der Waals surface area contributed by atoms with Crippen molar-refractivity contribution in [1.82, 2.24) is 15.0 Å². The minimum Gasteiger partial charge on any atom is -0.338 e. The van der Waals surface area contributed by atoms with Crippen LogP contribution in [-0.4, -0.2) is 34.0 Å². The van der Waals surface area contributed by atoms with Gasteiger partial charge in [-0.25, -0.2) is 0 Å². The van der Waals surface area contributed by atoms with Crippen molar-refractivity contribution in [2.24, 2.45) is 5.92 Å². The van der Waals surface area contributed by atoms with E-state index in [1.807, 2.05) is 42.5 Å². The van der Waals surface area contributed by atoms with Crippen LogP contribution in [0.5, 0.6) is 0 Å². The molecule has 1 saturated heterocycles. The Kier molecular flexibility index (Phi) is 7.19. The summed E-state index contributed by atoms with van der Waals surface area (Å²) < 4.78 is 5.55. The van der Waals surface area contributed by atoms with Crippen LogP contribution in [0.3, 0.4) is 0 Å². The molecular formula is C31H34N4O2. The number of anilines is 1. The van der Waals surface area contributed by atoms with Crippen molar-refractivity contribution in [3.8, 4) is 22.5 Å². The molecule has 1 aliphatic rings. The molecule has 6 heteroatoms. The van der Waals surface area contributed by atoms with Crippen molar-refractivity contribution in [2.45, 2.75) is 45.6 Å². The van der Waals surface area contributed by atoms with E-state index < -0.39 is 0 Å². The van der Waals surface area contributed by atoms with Gasteiger partial charge < -0.3 is 9.84 Å². The standard InChI is InChI=1S/C31H34N4O2/c1-31(2,3)25-15-13-23(14-16-25)29-33-28(37-34-29)21-35-19-17-24(18-20-35)30(36)32-27-12-8-7-11-26(27)22-9-5-4-6-10-22/h4-16,24H,17-21H2,1-3H3,(H,32,36). The summed E-state index contributed by atoms with van der Waals surface area (Å²) in [6.07, 6.45) is 1.60. The number of nitrogens with zero attached hydrogens (tertiary/aromatic N) is 3. The molecule has 1 aliphatic heterocycles. The zero-order chi connectivity index (χ0) is 25.8. The van der Waals surface area contributed by atoms with Crippen molar-refractivity contribution in [3.05, 3.63) is 90.3 Å². The van der Waals surface area contributed by atoms with Gasteiger partial charge in [-0.15, -0.1) is 0 Å². The largest absolute Gasteiger partial charge is 0.338 e. The Labute approximate surface area is 218 Å². The van der Waals surface area contributed by atoms with E-state index in [0.29, 0.717) is 18.3 Å². The Bertz CT molecular complexity index is 1330. The number of carbonyl (C=O) groups excluding carboxylic acids is 1. The van der Waals surface area contributed by atoms with E-state index in [1.54, 1.807) is 0 Å². The number of piperidine rings is 1. The fourth-order valence-corrected chi connectivity index (χ4v) is 4.80. The van der Waals surface area contributed by atoms with Gasteiger partial charge in [-0.3, -0.25) is 9.69 Å². The molecule has 6 nitrogen and oxygen atoms in total. The molecule has 5 rings (SSSR count). The van der Waals surface area contributed by atoms with E-state index in [2.05, 4.69) is 77.5 Å². The van der Waals surface area contributed by atoms with Gasteiger partial charge in [0.1, 0.15) is 0 Å². The molecule has 0 radical (unpaired) electrons. The summed E-state index contributed by atoms with van der Waals surface area (Å²) in [7, 11) is 0. The summed E-state index contributed by atoms with van der Waals surface area (Å²) in [5.41, 5.74) is 5.32. The lowest BCUT2D eigenvalue weighted by molar-refractivity contribution is -0.121. The molecule has 4 aromatic rings. The lowest BCUT2D eigenvalue weighted by Crippen LogP contribution is -2.37. The van der Waals surface area contributed by atoms with E-state index in [-0.39, 0.29) is 17.2 Å². The molecule has 37 heavy (non-hydrogen) atoms. The van der Waals surface area contributed by atoms with Gasteiger partial charge in [0.2, 0.25) is 17.6 Å². The Morgan fingerprint density at radius 3 is 2.30 bits per heavy atom. The van der Waals surface area contributed by atoms with Gasteiger partial charge >= 0.3 is 0 Å². The summed E-state index contributed by atoms with van der Waals surface area (Å²) in [6.45, 7) is 8.83. The van der Waals surface area contributed by atoms with Gasteiger partial charge in [0.15, 0.2) is 0 Å². The number of para-hydroxylation sites is 1. The van der Waals surface area contributed by atoms with Crippen molar-refractivity contribution in [3.63, 3.8) is 0 Å². The van der Waals surface area contributed by atoms with E-state index in [4.69, 9.17) is 4.52 Å². The normalized spacial score (nSPS) is 15.0. The number of amides is 1. The zero-order valence-electron chi connectivity index (χ0n) is 21.8. The number of carbonyl (C=O) groups is 1. The molecular weight excluding hydrogens is 460 g/mol. The number of benzene rings is 3. The number of rotatable bonds is 6. The SMILES string of the molecule is CC(C)(C)c1ccc(-c2noc(CN3CCC(C(=O)Nc4ccccc4-c4ccccc4)CC3)n2)cc1. The summed E-state index contributed by atoms with van der Waals surface area (Å²) in [5, 5.41) is 7.37. The molecule has 3 aromatic carbocycles. The van der Waals surface area contributed by atoms with Crippen LogP contribution in [0.4, 0.5) is 5.69 Å². The van der Waals surface area contributed by atoms with Crippen molar-refractivity contribution in [1.29, 1.82) is 0 Å². The van der Waals surface area contributed by atoms with Crippen molar-refractivity contribution in [2.75, 3.05) is 18.4 Å². The van der Waals surface area contributed by atoms with E-state index in [1.165, 1.54) is 5.56 Å². The first-order valence-electron chi connectivity index (χ1n) is 13.0. The molecule has 1 fully saturated rings. The highest BCUT2D eigenvalue weighted by Crippen LogP contribution is 2.29. The van der Waals surface area contributed by atoms with E-state index in [9.17, 15) is 4.79 Å². The highest BCUT2D eigenvalue weighted by atomic mass is 16.5. The maximum atomic E-state index is 13.1. The second-order valence-electron chi connectivity index (χ2n) is 10.8. The van der Waals surface area contributed by atoms with Crippen LogP contribution in [-0.2, 0) is 16.8 Å². The van der Waals surface area contributed by atoms with Crippen LogP contribution >= 0.6 is 0 Å². The molecule has 1 amide bonds. The van der Waals surface area contributed by atoms with Crippen LogP contribution < -0.4 is 5.32 Å². The lowest BCUT2D eigenvalue weighted by atomic mass is 9.87. The predicted octanol–water partition coefficient (Wildman–Crippen LogP) is 6.55. The lowest BCUT2D eigenvalue weighted by Gasteiger charge is -2.30. The van der Waals surface area contributed by atoms with Gasteiger partial charge in [0.25, 0.3) is 0 Å². The van der Waals surface area contributed by atoms with Crippen molar-refractivity contribution < 1.29 is 9.32 Å². The highest BCUT2D eigenvalue weighted by Gasteiger charge is 2.26. The smallest absolute Gasteiger partial charge is 0.241 e. The average molecular weight is 495 g/mol. The summed E-state index contributed by atoms with van der Waals surface area (Å²) in [6, 6.07) is 26.5. The molecule has 0 atom stereocenters. The third-order valence-electron chi connectivity index (χ3n) is 7.06. The molecule has 0 unspecified atom stereocenters. The monoisotopic (exact) mass is 494 g/mol. The number of hydrogen-bond acceptors (Lipinski definition) is 5. The number of aromatic nitrogens is 2. The maximum Gasteiger partial charge on any atom is 0.241 e. The summed E-state index contributed by atoms with van der Waals surface area (Å²) in [4.78, 5) is 20.0. The first-order chi connectivity index (χ1) is 17.9. The number of likely N-dealkylation sites (tertiary alicyclic amines) is 1. The third-order valence-corrected chi connectivity index (χ3v) is 7.06. The molecule has 0 saturated carbocycles. The van der Waals surface area contributed by atoms with Gasteiger partial charge in [0.05, 0.1) is 6.54 Å². The van der Waals surface area contributed by atoms with Gasteiger partial charge in [-0.1, -0.05) is 98.7 Å². The van der Waals surface area contributed by atoms with E-state index >= 15 is 0 Å². The molecule has 190 valence electrons. The van der Waals surface area contributed by atoms with Crippen LogP contribution in [0.1, 0.15) is 45.1 Å². The van der Waals surface area contributed by atoms with Crippen LogP contribution in [0, 0.1) is 5.92 Å². The topological polar surface area (TPSA) is 71.3 Å². The Hall–Kier alpha value is -3.77. The average Bonchev–Trinajstić information content (AvgIpc) is 3.38. The Morgan fingerprint density at radius 2 is 1.59 bits per heavy atom. The molecule has 0 spiro atoms. The predicted molar refractivity (Wildman–Crippen MR) is 147 cm³/mol. The Balaban J connectivity index is 1.15. The number of nitrogens with one attached hydrogen (secondary N) is 1. The summed E-state index contributed by atoms with van der Waals surface area (Å²) >= 11 is 0. The zero-order valence-corrected chi connectivity index (χ0v) is 21.8. The van der Waals surface area contributed by atoms with Gasteiger partial charge in [-0.05, 0) is 48.5 Å². The highest BCUT2D eigenvalue weighted by molar-refractivity contribution is 5.96. The minimum atomic E-state index is -0.0142. The molecule has 1 N–H and O–H groups in total. The first kappa shape index (κ1) is 24.9. The van der Waals surface area contributed by atoms with E-state index in [0.717, 1.165) is 48.3 Å². The fraction of sp³-hybridized carbons (Fsp3) is 0.323. The summed E-state index contributed by atoms with van der Waals surface area (Å²) in [5.74, 6) is 1.29. The van der Waals surface area contributed by atoms with Crippen LogP contribution in [0.15, 0.2) is 83.4 Å². The fourth-order valence-electron chi connectivity index (χ4n) is 4.80. The number of hydrogen-bond donors (Lipinski definition) is 1.